The van der Waals surface area contributed by atoms with Gasteiger partial charge in [-0.25, -0.2) is 9.97 Å². The molecule has 2 nitrogen and oxygen atoms in total. The molecule has 1 aromatic rings. The summed E-state index contributed by atoms with van der Waals surface area (Å²) >= 11 is 0. The molecule has 0 atom stereocenters. The summed E-state index contributed by atoms with van der Waals surface area (Å²) < 4.78 is 0. The van der Waals surface area contributed by atoms with Gasteiger partial charge in [0, 0.05) is 18.3 Å². The third-order valence-electron chi connectivity index (χ3n) is 4.45. The first-order valence-electron chi connectivity index (χ1n) is 7.31. The van der Waals surface area contributed by atoms with Crippen LogP contribution in [-0.4, -0.2) is 9.97 Å². The van der Waals surface area contributed by atoms with Gasteiger partial charge < -0.3 is 0 Å². The zero-order chi connectivity index (χ0) is 13.2. The zero-order valence-electron chi connectivity index (χ0n) is 12.2. The lowest BCUT2D eigenvalue weighted by molar-refractivity contribution is 0.167. The molecule has 1 aliphatic rings. The second kappa shape index (κ2) is 5.38. The molecule has 0 saturated heterocycles. The molecule has 18 heavy (non-hydrogen) atoms. The SMILES string of the molecule is CCc1cnc(C2CCC(C(C)(C)C)CC2)nc1. The van der Waals surface area contributed by atoms with E-state index in [-0.39, 0.29) is 0 Å². The van der Waals surface area contributed by atoms with Crippen LogP contribution in [0.3, 0.4) is 0 Å². The highest BCUT2D eigenvalue weighted by Crippen LogP contribution is 2.42. The van der Waals surface area contributed by atoms with Crippen molar-refractivity contribution < 1.29 is 0 Å². The summed E-state index contributed by atoms with van der Waals surface area (Å²) in [6, 6.07) is 0. The van der Waals surface area contributed by atoms with Crippen LogP contribution in [0.5, 0.6) is 0 Å². The van der Waals surface area contributed by atoms with Crippen LogP contribution in [-0.2, 0) is 6.42 Å². The first kappa shape index (κ1) is 13.5. The Labute approximate surface area is 111 Å². The predicted octanol–water partition coefficient (Wildman–Crippen LogP) is 4.36. The number of rotatable bonds is 2. The fraction of sp³-hybridized carbons (Fsp3) is 0.750. The van der Waals surface area contributed by atoms with Crippen molar-refractivity contribution in [2.45, 2.75) is 65.7 Å². The fourth-order valence-corrected chi connectivity index (χ4v) is 2.98. The molecule has 100 valence electrons. The summed E-state index contributed by atoms with van der Waals surface area (Å²) in [6.45, 7) is 9.24. The number of nitrogens with zero attached hydrogens (tertiary/aromatic N) is 2. The van der Waals surface area contributed by atoms with Gasteiger partial charge in [-0.15, -0.1) is 0 Å². The molecule has 1 fully saturated rings. The maximum Gasteiger partial charge on any atom is 0.131 e. The Morgan fingerprint density at radius 2 is 1.61 bits per heavy atom. The van der Waals surface area contributed by atoms with Crippen LogP contribution < -0.4 is 0 Å². The summed E-state index contributed by atoms with van der Waals surface area (Å²) in [6.07, 6.45) is 10.2. The summed E-state index contributed by atoms with van der Waals surface area (Å²) in [5.74, 6) is 2.53. The van der Waals surface area contributed by atoms with Crippen LogP contribution in [0.2, 0.25) is 0 Å². The van der Waals surface area contributed by atoms with E-state index in [1.807, 2.05) is 12.4 Å². The van der Waals surface area contributed by atoms with E-state index in [9.17, 15) is 0 Å². The number of aryl methyl sites for hydroxylation is 1. The van der Waals surface area contributed by atoms with E-state index in [2.05, 4.69) is 37.7 Å². The van der Waals surface area contributed by atoms with Crippen LogP contribution in [0.15, 0.2) is 12.4 Å². The molecule has 0 amide bonds. The molecule has 0 aromatic carbocycles. The molecular weight excluding hydrogens is 220 g/mol. The van der Waals surface area contributed by atoms with E-state index in [4.69, 9.17) is 0 Å². The molecule has 1 aliphatic carbocycles. The third kappa shape index (κ3) is 3.09. The fourth-order valence-electron chi connectivity index (χ4n) is 2.98. The van der Waals surface area contributed by atoms with Crippen molar-refractivity contribution in [2.75, 3.05) is 0 Å². The highest BCUT2D eigenvalue weighted by atomic mass is 14.9. The molecule has 1 aromatic heterocycles. The molecule has 0 N–H and O–H groups in total. The van der Waals surface area contributed by atoms with Gasteiger partial charge in [0.2, 0.25) is 0 Å². The van der Waals surface area contributed by atoms with Crippen LogP contribution >= 0.6 is 0 Å². The molecule has 0 unspecified atom stereocenters. The van der Waals surface area contributed by atoms with Gasteiger partial charge in [0.25, 0.3) is 0 Å². The first-order valence-corrected chi connectivity index (χ1v) is 7.31. The Hall–Kier alpha value is -0.920. The van der Waals surface area contributed by atoms with Crippen LogP contribution in [0.4, 0.5) is 0 Å². The van der Waals surface area contributed by atoms with Gasteiger partial charge in [-0.3, -0.25) is 0 Å². The Morgan fingerprint density at radius 1 is 1.06 bits per heavy atom. The molecular formula is C16H26N2. The minimum absolute atomic E-state index is 0.456. The molecule has 0 spiro atoms. The van der Waals surface area contributed by atoms with E-state index < -0.39 is 0 Å². The lowest BCUT2D eigenvalue weighted by atomic mass is 9.70. The highest BCUT2D eigenvalue weighted by molar-refractivity contribution is 5.08. The molecule has 2 rings (SSSR count). The van der Waals surface area contributed by atoms with Crippen molar-refractivity contribution in [1.29, 1.82) is 0 Å². The molecule has 1 saturated carbocycles. The smallest absolute Gasteiger partial charge is 0.131 e. The van der Waals surface area contributed by atoms with E-state index >= 15 is 0 Å². The summed E-state index contributed by atoms with van der Waals surface area (Å²) in [5, 5.41) is 0. The third-order valence-corrected chi connectivity index (χ3v) is 4.45. The summed E-state index contributed by atoms with van der Waals surface area (Å²) in [5.41, 5.74) is 1.69. The van der Waals surface area contributed by atoms with E-state index in [1.165, 1.54) is 31.2 Å². The van der Waals surface area contributed by atoms with E-state index in [0.717, 1.165) is 18.2 Å². The number of aromatic nitrogens is 2. The Balaban J connectivity index is 1.96. The Bertz CT molecular complexity index is 367. The van der Waals surface area contributed by atoms with Crippen molar-refractivity contribution in [3.63, 3.8) is 0 Å². The van der Waals surface area contributed by atoms with Crippen molar-refractivity contribution in [2.24, 2.45) is 11.3 Å². The van der Waals surface area contributed by atoms with Crippen LogP contribution in [0, 0.1) is 11.3 Å². The molecule has 0 radical (unpaired) electrons. The molecule has 0 aliphatic heterocycles. The van der Waals surface area contributed by atoms with Gasteiger partial charge >= 0.3 is 0 Å². The maximum absolute atomic E-state index is 4.55. The number of hydrogen-bond acceptors (Lipinski definition) is 2. The van der Waals surface area contributed by atoms with Gasteiger partial charge in [0.05, 0.1) is 0 Å². The highest BCUT2D eigenvalue weighted by Gasteiger charge is 2.30. The van der Waals surface area contributed by atoms with Crippen molar-refractivity contribution in [1.82, 2.24) is 9.97 Å². The first-order chi connectivity index (χ1) is 8.50. The zero-order valence-corrected chi connectivity index (χ0v) is 12.2. The second-order valence-electron chi connectivity index (χ2n) is 6.72. The molecule has 1 heterocycles. The average molecular weight is 246 g/mol. The second-order valence-corrected chi connectivity index (χ2v) is 6.72. The minimum Gasteiger partial charge on any atom is -0.241 e. The van der Waals surface area contributed by atoms with Gasteiger partial charge in [-0.1, -0.05) is 27.7 Å². The predicted molar refractivity (Wildman–Crippen MR) is 75.6 cm³/mol. The lowest BCUT2D eigenvalue weighted by Gasteiger charge is -2.36. The topological polar surface area (TPSA) is 25.8 Å². The monoisotopic (exact) mass is 246 g/mol. The normalized spacial score (nSPS) is 25.1. The van der Waals surface area contributed by atoms with Crippen LogP contribution in [0.25, 0.3) is 0 Å². The van der Waals surface area contributed by atoms with Crippen molar-refractivity contribution >= 4 is 0 Å². The van der Waals surface area contributed by atoms with Gasteiger partial charge in [-0.2, -0.15) is 0 Å². The van der Waals surface area contributed by atoms with E-state index in [0.29, 0.717) is 11.3 Å². The minimum atomic E-state index is 0.456. The van der Waals surface area contributed by atoms with Gasteiger partial charge in [0.15, 0.2) is 0 Å². The average Bonchev–Trinajstić information content (AvgIpc) is 2.38. The maximum atomic E-state index is 4.55. The molecule has 0 bridgehead atoms. The summed E-state index contributed by atoms with van der Waals surface area (Å²) in [4.78, 5) is 9.10. The standard InChI is InChI=1S/C16H26N2/c1-5-12-10-17-15(18-11-12)13-6-8-14(9-7-13)16(2,3)4/h10-11,13-14H,5-9H2,1-4H3. The molecule has 2 heteroatoms. The quantitative estimate of drug-likeness (QED) is 0.775. The van der Waals surface area contributed by atoms with E-state index in [1.54, 1.807) is 0 Å². The Morgan fingerprint density at radius 3 is 2.06 bits per heavy atom. The Kier molecular flexibility index (Phi) is 4.04. The lowest BCUT2D eigenvalue weighted by Crippen LogP contribution is -2.25. The van der Waals surface area contributed by atoms with Crippen LogP contribution in [0.1, 0.15) is 70.7 Å². The number of hydrogen-bond donors (Lipinski definition) is 0. The van der Waals surface area contributed by atoms with Crippen molar-refractivity contribution in [3.8, 4) is 0 Å². The van der Waals surface area contributed by atoms with Gasteiger partial charge in [0.1, 0.15) is 5.82 Å². The largest absolute Gasteiger partial charge is 0.241 e. The van der Waals surface area contributed by atoms with Crippen molar-refractivity contribution in [3.05, 3.63) is 23.8 Å². The summed E-state index contributed by atoms with van der Waals surface area (Å²) in [7, 11) is 0. The van der Waals surface area contributed by atoms with Gasteiger partial charge in [-0.05, 0) is 49.0 Å².